The van der Waals surface area contributed by atoms with Gasteiger partial charge in [-0.3, -0.25) is 4.68 Å². The standard InChI is InChI=1S/C15H27N3O/c1-3-7-16-15(13-6-5-9-19-12-13)14-10-17-18(11-14)8-4-2/h10-11,13,15-16H,3-9,12H2,1-2H3. The van der Waals surface area contributed by atoms with E-state index in [1.54, 1.807) is 0 Å². The molecule has 1 aliphatic heterocycles. The van der Waals surface area contributed by atoms with Crippen molar-refractivity contribution >= 4 is 0 Å². The number of ether oxygens (including phenoxy) is 1. The van der Waals surface area contributed by atoms with Crippen molar-refractivity contribution in [3.8, 4) is 0 Å². The fourth-order valence-corrected chi connectivity index (χ4v) is 2.78. The van der Waals surface area contributed by atoms with E-state index in [-0.39, 0.29) is 0 Å². The molecule has 0 spiro atoms. The summed E-state index contributed by atoms with van der Waals surface area (Å²) in [5.41, 5.74) is 1.32. The van der Waals surface area contributed by atoms with E-state index in [0.29, 0.717) is 12.0 Å². The number of nitrogens with one attached hydrogen (secondary N) is 1. The van der Waals surface area contributed by atoms with Gasteiger partial charge in [-0.1, -0.05) is 13.8 Å². The van der Waals surface area contributed by atoms with Crippen molar-refractivity contribution in [2.45, 2.75) is 52.1 Å². The average Bonchev–Trinajstić information content (AvgIpc) is 2.89. The molecule has 0 bridgehead atoms. The maximum atomic E-state index is 5.65. The van der Waals surface area contributed by atoms with Crippen LogP contribution < -0.4 is 5.32 Å². The van der Waals surface area contributed by atoms with E-state index >= 15 is 0 Å². The van der Waals surface area contributed by atoms with Gasteiger partial charge in [-0.2, -0.15) is 5.10 Å². The number of hydrogen-bond acceptors (Lipinski definition) is 3. The SMILES string of the molecule is CCCNC(c1cnn(CCC)c1)C1CCCOC1. The summed E-state index contributed by atoms with van der Waals surface area (Å²) in [4.78, 5) is 0. The zero-order valence-corrected chi connectivity index (χ0v) is 12.3. The van der Waals surface area contributed by atoms with Gasteiger partial charge in [-0.15, -0.1) is 0 Å². The van der Waals surface area contributed by atoms with Crippen LogP contribution in [-0.4, -0.2) is 29.5 Å². The van der Waals surface area contributed by atoms with Crippen molar-refractivity contribution in [3.05, 3.63) is 18.0 Å². The fraction of sp³-hybridized carbons (Fsp3) is 0.800. The van der Waals surface area contributed by atoms with Crippen LogP contribution in [0.4, 0.5) is 0 Å². The van der Waals surface area contributed by atoms with Crippen LogP contribution in [0.2, 0.25) is 0 Å². The van der Waals surface area contributed by atoms with E-state index in [1.807, 2.05) is 6.20 Å². The summed E-state index contributed by atoms with van der Waals surface area (Å²) < 4.78 is 7.71. The maximum Gasteiger partial charge on any atom is 0.0537 e. The van der Waals surface area contributed by atoms with E-state index in [2.05, 4.69) is 35.1 Å². The van der Waals surface area contributed by atoms with Crippen LogP contribution >= 0.6 is 0 Å². The minimum Gasteiger partial charge on any atom is -0.381 e. The van der Waals surface area contributed by atoms with Crippen molar-refractivity contribution in [1.82, 2.24) is 15.1 Å². The molecule has 1 saturated heterocycles. The van der Waals surface area contributed by atoms with Gasteiger partial charge in [-0.25, -0.2) is 0 Å². The normalized spacial score (nSPS) is 21.5. The van der Waals surface area contributed by atoms with Crippen LogP contribution in [0.1, 0.15) is 51.1 Å². The van der Waals surface area contributed by atoms with Crippen molar-refractivity contribution in [2.24, 2.45) is 5.92 Å². The highest BCUT2D eigenvalue weighted by atomic mass is 16.5. The summed E-state index contributed by atoms with van der Waals surface area (Å²) >= 11 is 0. The molecule has 0 aromatic carbocycles. The molecule has 1 fully saturated rings. The van der Waals surface area contributed by atoms with Gasteiger partial charge in [0.1, 0.15) is 0 Å². The second kappa shape index (κ2) is 7.65. The Bertz CT molecular complexity index is 358. The highest BCUT2D eigenvalue weighted by molar-refractivity contribution is 5.12. The van der Waals surface area contributed by atoms with Gasteiger partial charge in [0.15, 0.2) is 0 Å². The largest absolute Gasteiger partial charge is 0.381 e. The molecule has 0 amide bonds. The molecule has 1 N–H and O–H groups in total. The van der Waals surface area contributed by atoms with Gasteiger partial charge in [0.2, 0.25) is 0 Å². The first kappa shape index (κ1) is 14.5. The first-order valence-electron chi connectivity index (χ1n) is 7.68. The zero-order valence-electron chi connectivity index (χ0n) is 12.3. The molecule has 0 aliphatic carbocycles. The van der Waals surface area contributed by atoms with Crippen molar-refractivity contribution in [3.63, 3.8) is 0 Å². The third kappa shape index (κ3) is 4.05. The summed E-state index contributed by atoms with van der Waals surface area (Å²) in [6.45, 7) is 8.25. The van der Waals surface area contributed by atoms with Crippen molar-refractivity contribution in [2.75, 3.05) is 19.8 Å². The zero-order chi connectivity index (χ0) is 13.5. The lowest BCUT2D eigenvalue weighted by Gasteiger charge is -2.30. The van der Waals surface area contributed by atoms with Crippen LogP contribution in [0, 0.1) is 5.92 Å². The quantitative estimate of drug-likeness (QED) is 0.824. The summed E-state index contributed by atoms with van der Waals surface area (Å²) in [7, 11) is 0. The molecular formula is C15H27N3O. The molecule has 108 valence electrons. The van der Waals surface area contributed by atoms with Crippen molar-refractivity contribution in [1.29, 1.82) is 0 Å². The van der Waals surface area contributed by atoms with Gasteiger partial charge in [0.25, 0.3) is 0 Å². The molecule has 0 radical (unpaired) electrons. The van der Waals surface area contributed by atoms with E-state index in [4.69, 9.17) is 4.74 Å². The Kier molecular flexibility index (Phi) is 5.86. The van der Waals surface area contributed by atoms with E-state index in [0.717, 1.165) is 39.1 Å². The Morgan fingerprint density at radius 3 is 3.05 bits per heavy atom. The van der Waals surface area contributed by atoms with Gasteiger partial charge in [-0.05, 0) is 32.2 Å². The van der Waals surface area contributed by atoms with Gasteiger partial charge >= 0.3 is 0 Å². The Labute approximate surface area is 116 Å². The molecule has 0 saturated carbocycles. The molecule has 2 heterocycles. The van der Waals surface area contributed by atoms with Gasteiger partial charge in [0.05, 0.1) is 12.8 Å². The minimum absolute atomic E-state index is 0.394. The monoisotopic (exact) mass is 265 g/mol. The Morgan fingerprint density at radius 1 is 1.47 bits per heavy atom. The molecule has 4 heteroatoms. The van der Waals surface area contributed by atoms with E-state index in [9.17, 15) is 0 Å². The van der Waals surface area contributed by atoms with E-state index in [1.165, 1.54) is 18.4 Å². The maximum absolute atomic E-state index is 5.65. The summed E-state index contributed by atoms with van der Waals surface area (Å²) in [6, 6.07) is 0.394. The highest BCUT2D eigenvalue weighted by Crippen LogP contribution is 2.28. The third-order valence-electron chi connectivity index (χ3n) is 3.75. The first-order valence-corrected chi connectivity index (χ1v) is 7.68. The first-order chi connectivity index (χ1) is 9.35. The second-order valence-corrected chi connectivity index (χ2v) is 5.45. The lowest BCUT2D eigenvalue weighted by atomic mass is 9.90. The predicted molar refractivity (Wildman–Crippen MR) is 77.1 cm³/mol. The third-order valence-corrected chi connectivity index (χ3v) is 3.75. The fourth-order valence-electron chi connectivity index (χ4n) is 2.78. The lowest BCUT2D eigenvalue weighted by Crippen LogP contribution is -2.33. The molecule has 2 unspecified atom stereocenters. The number of rotatable bonds is 7. The Hall–Kier alpha value is -0.870. The summed E-state index contributed by atoms with van der Waals surface area (Å²) in [5, 5.41) is 8.14. The van der Waals surface area contributed by atoms with E-state index < -0.39 is 0 Å². The number of nitrogens with zero attached hydrogens (tertiary/aromatic N) is 2. The van der Waals surface area contributed by atoms with Crippen LogP contribution in [0.3, 0.4) is 0 Å². The van der Waals surface area contributed by atoms with Gasteiger partial charge < -0.3 is 10.1 Å². The smallest absolute Gasteiger partial charge is 0.0537 e. The average molecular weight is 265 g/mol. The number of aromatic nitrogens is 2. The van der Waals surface area contributed by atoms with Crippen LogP contribution in [0.15, 0.2) is 12.4 Å². The number of hydrogen-bond donors (Lipinski definition) is 1. The summed E-state index contributed by atoms with van der Waals surface area (Å²) in [5.74, 6) is 0.583. The van der Waals surface area contributed by atoms with Crippen molar-refractivity contribution < 1.29 is 4.74 Å². The second-order valence-electron chi connectivity index (χ2n) is 5.45. The molecule has 4 nitrogen and oxygen atoms in total. The molecule has 1 aromatic rings. The Morgan fingerprint density at radius 2 is 2.37 bits per heavy atom. The van der Waals surface area contributed by atoms with Gasteiger partial charge in [0, 0.05) is 36.9 Å². The van der Waals surface area contributed by atoms with Crippen LogP contribution in [-0.2, 0) is 11.3 Å². The Balaban J connectivity index is 2.05. The lowest BCUT2D eigenvalue weighted by molar-refractivity contribution is 0.0390. The topological polar surface area (TPSA) is 39.1 Å². The molecule has 2 atom stereocenters. The van der Waals surface area contributed by atoms with Crippen LogP contribution in [0.25, 0.3) is 0 Å². The number of aryl methyl sites for hydroxylation is 1. The molecular weight excluding hydrogens is 238 g/mol. The predicted octanol–water partition coefficient (Wildman–Crippen LogP) is 2.76. The van der Waals surface area contributed by atoms with Crippen LogP contribution in [0.5, 0.6) is 0 Å². The molecule has 1 aromatic heterocycles. The summed E-state index contributed by atoms with van der Waals surface area (Å²) in [6.07, 6.45) is 8.94. The molecule has 2 rings (SSSR count). The highest BCUT2D eigenvalue weighted by Gasteiger charge is 2.26. The molecule has 19 heavy (non-hydrogen) atoms. The molecule has 1 aliphatic rings. The minimum atomic E-state index is 0.394.